The number of hydrogen-bond donors (Lipinski definition) is 1. The number of nitrogens with zero attached hydrogens (tertiary/aromatic N) is 6. The summed E-state index contributed by atoms with van der Waals surface area (Å²) in [5.74, 6) is 0.580. The first-order valence-electron chi connectivity index (χ1n) is 7.93. The molecule has 1 aliphatic rings. The van der Waals surface area contributed by atoms with Crippen LogP contribution in [-0.2, 0) is 6.54 Å². The summed E-state index contributed by atoms with van der Waals surface area (Å²) in [4.78, 5) is 14.8. The SMILES string of the molecule is O=C(c1ccc(-c2nn[nH]n2)cc1)N1CCCC1Cn1cccn1. The summed E-state index contributed by atoms with van der Waals surface area (Å²) in [6.07, 6.45) is 5.73. The second kappa shape index (κ2) is 6.23. The molecule has 1 aromatic carbocycles. The largest absolute Gasteiger partial charge is 0.334 e. The summed E-state index contributed by atoms with van der Waals surface area (Å²) < 4.78 is 1.88. The zero-order chi connectivity index (χ0) is 16.4. The van der Waals surface area contributed by atoms with Crippen LogP contribution in [0.25, 0.3) is 11.4 Å². The van der Waals surface area contributed by atoms with Gasteiger partial charge >= 0.3 is 0 Å². The number of amides is 1. The number of benzene rings is 1. The van der Waals surface area contributed by atoms with Gasteiger partial charge in [-0.15, -0.1) is 10.2 Å². The molecule has 8 nitrogen and oxygen atoms in total. The van der Waals surface area contributed by atoms with Crippen molar-refractivity contribution in [3.63, 3.8) is 0 Å². The van der Waals surface area contributed by atoms with Crippen molar-refractivity contribution in [1.29, 1.82) is 0 Å². The van der Waals surface area contributed by atoms with Crippen LogP contribution in [0.4, 0.5) is 0 Å². The standard InChI is InChI=1S/C16H17N7O/c24-16(13-6-4-12(5-7-13)15-18-20-21-19-15)23-10-1-3-14(23)11-22-9-2-8-17-22/h2,4-9,14H,1,3,10-11H2,(H,18,19,20,21). The fourth-order valence-electron chi connectivity index (χ4n) is 3.13. The van der Waals surface area contributed by atoms with Crippen LogP contribution in [-0.4, -0.2) is 53.8 Å². The maximum absolute atomic E-state index is 12.8. The molecule has 1 N–H and O–H groups in total. The molecule has 3 heterocycles. The third kappa shape index (κ3) is 2.78. The molecule has 122 valence electrons. The van der Waals surface area contributed by atoms with E-state index < -0.39 is 0 Å². The van der Waals surface area contributed by atoms with Crippen LogP contribution in [0.5, 0.6) is 0 Å². The number of likely N-dealkylation sites (tertiary alicyclic amines) is 1. The Morgan fingerprint density at radius 2 is 2.17 bits per heavy atom. The van der Waals surface area contributed by atoms with E-state index in [1.165, 1.54) is 0 Å². The van der Waals surface area contributed by atoms with E-state index in [-0.39, 0.29) is 11.9 Å². The van der Waals surface area contributed by atoms with E-state index in [9.17, 15) is 4.79 Å². The first-order chi connectivity index (χ1) is 11.8. The van der Waals surface area contributed by atoms with Crippen molar-refractivity contribution in [2.45, 2.75) is 25.4 Å². The number of H-pyrrole nitrogens is 1. The van der Waals surface area contributed by atoms with E-state index in [1.54, 1.807) is 6.20 Å². The van der Waals surface area contributed by atoms with Gasteiger partial charge in [0, 0.05) is 30.1 Å². The van der Waals surface area contributed by atoms with E-state index in [4.69, 9.17) is 0 Å². The molecule has 1 saturated heterocycles. The molecule has 1 aliphatic heterocycles. The number of carbonyl (C=O) groups excluding carboxylic acids is 1. The molecule has 1 atom stereocenters. The van der Waals surface area contributed by atoms with Crippen molar-refractivity contribution in [3.05, 3.63) is 48.3 Å². The van der Waals surface area contributed by atoms with Crippen molar-refractivity contribution >= 4 is 5.91 Å². The number of hydrogen-bond acceptors (Lipinski definition) is 5. The molecule has 4 rings (SSSR count). The molecule has 1 amide bonds. The van der Waals surface area contributed by atoms with E-state index in [0.29, 0.717) is 11.4 Å². The number of rotatable bonds is 4. The highest BCUT2D eigenvalue weighted by molar-refractivity contribution is 5.95. The number of carbonyl (C=O) groups is 1. The fourth-order valence-corrected chi connectivity index (χ4v) is 3.13. The van der Waals surface area contributed by atoms with Gasteiger partial charge in [-0.05, 0) is 36.3 Å². The van der Waals surface area contributed by atoms with Gasteiger partial charge in [-0.25, -0.2) is 0 Å². The first kappa shape index (κ1) is 14.6. The van der Waals surface area contributed by atoms with Crippen LogP contribution in [0, 0.1) is 0 Å². The normalized spacial score (nSPS) is 17.3. The van der Waals surface area contributed by atoms with E-state index >= 15 is 0 Å². The fraction of sp³-hybridized carbons (Fsp3) is 0.312. The Hall–Kier alpha value is -3.03. The van der Waals surface area contributed by atoms with E-state index in [2.05, 4.69) is 25.7 Å². The van der Waals surface area contributed by atoms with Crippen molar-refractivity contribution < 1.29 is 4.79 Å². The van der Waals surface area contributed by atoms with Crippen LogP contribution in [0.15, 0.2) is 42.7 Å². The van der Waals surface area contributed by atoms with Crippen molar-refractivity contribution in [1.82, 2.24) is 35.3 Å². The van der Waals surface area contributed by atoms with Gasteiger partial charge in [-0.2, -0.15) is 10.3 Å². The van der Waals surface area contributed by atoms with Crippen LogP contribution < -0.4 is 0 Å². The first-order valence-corrected chi connectivity index (χ1v) is 7.93. The Labute approximate surface area is 138 Å². The molecular weight excluding hydrogens is 306 g/mol. The minimum absolute atomic E-state index is 0.0596. The zero-order valence-corrected chi connectivity index (χ0v) is 13.0. The highest BCUT2D eigenvalue weighted by Gasteiger charge is 2.29. The van der Waals surface area contributed by atoms with Gasteiger partial charge in [0.1, 0.15) is 0 Å². The van der Waals surface area contributed by atoms with Crippen LogP contribution in [0.3, 0.4) is 0 Å². The molecular formula is C16H17N7O. The topological polar surface area (TPSA) is 92.6 Å². The summed E-state index contributed by atoms with van der Waals surface area (Å²) in [6, 6.07) is 9.41. The molecule has 3 aromatic rings. The highest BCUT2D eigenvalue weighted by Crippen LogP contribution is 2.22. The molecule has 24 heavy (non-hydrogen) atoms. The summed E-state index contributed by atoms with van der Waals surface area (Å²) >= 11 is 0. The highest BCUT2D eigenvalue weighted by atomic mass is 16.2. The van der Waals surface area contributed by atoms with Crippen LogP contribution >= 0.6 is 0 Å². The molecule has 0 aliphatic carbocycles. The number of nitrogens with one attached hydrogen (secondary N) is 1. The average molecular weight is 323 g/mol. The minimum atomic E-state index is 0.0596. The Balaban J connectivity index is 1.50. The average Bonchev–Trinajstić information content (AvgIpc) is 3.37. The Morgan fingerprint density at radius 1 is 1.29 bits per heavy atom. The lowest BCUT2D eigenvalue weighted by molar-refractivity contribution is 0.0721. The monoisotopic (exact) mass is 323 g/mol. The molecule has 8 heteroatoms. The predicted molar refractivity (Wildman–Crippen MR) is 85.9 cm³/mol. The van der Waals surface area contributed by atoms with E-state index in [0.717, 1.165) is 31.5 Å². The number of tetrazole rings is 1. The smallest absolute Gasteiger partial charge is 0.254 e. The number of aromatic amines is 1. The third-order valence-electron chi connectivity index (χ3n) is 4.33. The Morgan fingerprint density at radius 3 is 2.88 bits per heavy atom. The zero-order valence-electron chi connectivity index (χ0n) is 13.0. The maximum Gasteiger partial charge on any atom is 0.254 e. The molecule has 0 bridgehead atoms. The quantitative estimate of drug-likeness (QED) is 0.783. The van der Waals surface area contributed by atoms with Gasteiger partial charge in [0.15, 0.2) is 0 Å². The summed E-state index contributed by atoms with van der Waals surface area (Å²) in [5, 5.41) is 18.1. The second-order valence-corrected chi connectivity index (χ2v) is 5.84. The predicted octanol–water partition coefficient (Wildman–Crippen LogP) is 1.37. The lowest BCUT2D eigenvalue weighted by Gasteiger charge is -2.24. The summed E-state index contributed by atoms with van der Waals surface area (Å²) in [5.41, 5.74) is 1.50. The van der Waals surface area contributed by atoms with Gasteiger partial charge in [-0.1, -0.05) is 12.1 Å². The number of aromatic nitrogens is 6. The van der Waals surface area contributed by atoms with Crippen molar-refractivity contribution in [2.75, 3.05) is 6.54 Å². The molecule has 0 spiro atoms. The lowest BCUT2D eigenvalue weighted by Crippen LogP contribution is -2.38. The molecule has 0 radical (unpaired) electrons. The lowest BCUT2D eigenvalue weighted by atomic mass is 10.1. The minimum Gasteiger partial charge on any atom is -0.334 e. The molecule has 1 unspecified atom stereocenters. The summed E-state index contributed by atoms with van der Waals surface area (Å²) in [6.45, 7) is 1.52. The second-order valence-electron chi connectivity index (χ2n) is 5.84. The van der Waals surface area contributed by atoms with Gasteiger partial charge in [0.2, 0.25) is 5.82 Å². The Bertz CT molecular complexity index is 796. The molecule has 0 saturated carbocycles. The Kier molecular flexibility index (Phi) is 3.78. The van der Waals surface area contributed by atoms with Crippen LogP contribution in [0.2, 0.25) is 0 Å². The molecule has 2 aromatic heterocycles. The van der Waals surface area contributed by atoms with Crippen LogP contribution in [0.1, 0.15) is 23.2 Å². The van der Waals surface area contributed by atoms with Gasteiger partial charge < -0.3 is 4.90 Å². The maximum atomic E-state index is 12.8. The third-order valence-corrected chi connectivity index (χ3v) is 4.33. The summed E-state index contributed by atoms with van der Waals surface area (Å²) in [7, 11) is 0. The molecule has 1 fully saturated rings. The van der Waals surface area contributed by atoms with E-state index in [1.807, 2.05) is 46.1 Å². The van der Waals surface area contributed by atoms with Crippen molar-refractivity contribution in [2.24, 2.45) is 0 Å². The van der Waals surface area contributed by atoms with Gasteiger partial charge in [0.25, 0.3) is 5.91 Å². The van der Waals surface area contributed by atoms with Gasteiger partial charge in [0.05, 0.1) is 12.6 Å². The van der Waals surface area contributed by atoms with Gasteiger partial charge in [-0.3, -0.25) is 9.48 Å². The van der Waals surface area contributed by atoms with Crippen molar-refractivity contribution in [3.8, 4) is 11.4 Å².